The molecule has 1 spiro atoms. The van der Waals surface area contributed by atoms with Gasteiger partial charge in [0.15, 0.2) is 0 Å². The first-order chi connectivity index (χ1) is 16.8. The number of rotatable bonds is 9. The van der Waals surface area contributed by atoms with E-state index in [1.165, 1.54) is 0 Å². The summed E-state index contributed by atoms with van der Waals surface area (Å²) in [5.41, 5.74) is 1.24. The molecule has 4 rings (SSSR count). The number of hydrogen-bond donors (Lipinski definition) is 1. The van der Waals surface area contributed by atoms with Crippen LogP contribution in [0.1, 0.15) is 25.3 Å². The highest BCUT2D eigenvalue weighted by Crippen LogP contribution is 2.38. The molecule has 0 aromatic heterocycles. The first kappa shape index (κ1) is 25.1. The molecule has 7 nitrogen and oxygen atoms in total. The molecule has 3 atom stereocenters. The Morgan fingerprint density at radius 2 is 2.03 bits per heavy atom. The molecule has 2 amide bonds. The van der Waals surface area contributed by atoms with Crippen LogP contribution in [0.25, 0.3) is 11.1 Å². The van der Waals surface area contributed by atoms with E-state index in [4.69, 9.17) is 9.47 Å². The number of para-hydroxylation sites is 1. The summed E-state index contributed by atoms with van der Waals surface area (Å²) in [6, 6.07) is 13.0. The van der Waals surface area contributed by atoms with Gasteiger partial charge in [0.05, 0.1) is 18.8 Å². The lowest BCUT2D eigenvalue weighted by molar-refractivity contribution is -0.136. The van der Waals surface area contributed by atoms with Crippen molar-refractivity contribution in [2.75, 3.05) is 40.5 Å². The number of carbonyl (C=O) groups is 2. The largest absolute Gasteiger partial charge is 0.493 e. The Morgan fingerprint density at radius 3 is 2.80 bits per heavy atom. The Hall–Kier alpha value is -2.97. The third-order valence-electron chi connectivity index (χ3n) is 7.23. The van der Waals surface area contributed by atoms with E-state index >= 15 is 4.39 Å². The molecule has 1 N–H and O–H groups in total. The number of halogens is 1. The molecular weight excluding hydrogens is 449 g/mol. The molecule has 0 aliphatic carbocycles. The predicted molar refractivity (Wildman–Crippen MR) is 132 cm³/mol. The summed E-state index contributed by atoms with van der Waals surface area (Å²) in [5, 5.41) is 3.17. The van der Waals surface area contributed by atoms with Crippen LogP contribution in [0.2, 0.25) is 0 Å². The molecule has 0 radical (unpaired) electrons. The van der Waals surface area contributed by atoms with E-state index in [1.54, 1.807) is 18.0 Å². The van der Waals surface area contributed by atoms with E-state index in [0.29, 0.717) is 55.0 Å². The molecule has 8 heteroatoms. The number of amides is 2. The van der Waals surface area contributed by atoms with Crippen LogP contribution in [0.15, 0.2) is 42.5 Å². The van der Waals surface area contributed by atoms with Crippen molar-refractivity contribution in [2.24, 2.45) is 0 Å². The normalized spacial score (nSPS) is 24.4. The van der Waals surface area contributed by atoms with E-state index in [1.807, 2.05) is 43.4 Å². The molecule has 0 saturated carbocycles. The van der Waals surface area contributed by atoms with Crippen LogP contribution in [-0.2, 0) is 20.7 Å². The second-order valence-corrected chi connectivity index (χ2v) is 9.70. The van der Waals surface area contributed by atoms with E-state index in [0.717, 1.165) is 12.8 Å². The van der Waals surface area contributed by atoms with Gasteiger partial charge in [-0.25, -0.2) is 4.39 Å². The maximum atomic E-state index is 16.0. The van der Waals surface area contributed by atoms with Gasteiger partial charge in [-0.3, -0.25) is 14.5 Å². The Morgan fingerprint density at radius 1 is 1.26 bits per heavy atom. The van der Waals surface area contributed by atoms with Crippen molar-refractivity contribution in [3.63, 3.8) is 0 Å². The van der Waals surface area contributed by atoms with Crippen molar-refractivity contribution in [1.82, 2.24) is 15.1 Å². The van der Waals surface area contributed by atoms with Gasteiger partial charge in [-0.15, -0.1) is 0 Å². The molecule has 2 aromatic rings. The molecule has 2 aliphatic heterocycles. The molecule has 2 aliphatic rings. The Labute approximate surface area is 206 Å². The van der Waals surface area contributed by atoms with E-state index < -0.39 is 5.54 Å². The van der Waals surface area contributed by atoms with Crippen LogP contribution >= 0.6 is 0 Å². The molecule has 3 unspecified atom stereocenters. The number of ether oxygens (including phenoxy) is 2. The first-order valence-electron chi connectivity index (χ1n) is 12.1. The Bertz CT molecular complexity index is 1060. The molecule has 2 aromatic carbocycles. The smallest absolute Gasteiger partial charge is 0.246 e. The number of nitrogens with zero attached hydrogens (tertiary/aromatic N) is 2. The van der Waals surface area contributed by atoms with Gasteiger partial charge in [0.1, 0.15) is 18.2 Å². The minimum absolute atomic E-state index is 0.0681. The fourth-order valence-corrected chi connectivity index (χ4v) is 5.33. The van der Waals surface area contributed by atoms with Gasteiger partial charge < -0.3 is 19.7 Å². The van der Waals surface area contributed by atoms with Crippen molar-refractivity contribution in [3.8, 4) is 16.9 Å². The van der Waals surface area contributed by atoms with Crippen molar-refractivity contribution in [3.05, 3.63) is 53.8 Å². The average Bonchev–Trinajstić information content (AvgIpc) is 3.06. The van der Waals surface area contributed by atoms with Crippen molar-refractivity contribution in [2.45, 2.75) is 43.8 Å². The highest BCUT2D eigenvalue weighted by molar-refractivity contribution is 5.79. The van der Waals surface area contributed by atoms with Crippen LogP contribution < -0.4 is 10.1 Å². The first-order valence-corrected chi connectivity index (χ1v) is 12.1. The fourth-order valence-electron chi connectivity index (χ4n) is 5.33. The second kappa shape index (κ2) is 10.7. The van der Waals surface area contributed by atoms with Gasteiger partial charge in [0.2, 0.25) is 12.3 Å². The van der Waals surface area contributed by atoms with Gasteiger partial charge in [-0.2, -0.15) is 0 Å². The van der Waals surface area contributed by atoms with Crippen molar-refractivity contribution in [1.29, 1.82) is 0 Å². The molecule has 188 valence electrons. The number of likely N-dealkylation sites (N-methyl/N-ethyl adjacent to an activating group) is 1. The topological polar surface area (TPSA) is 71.1 Å². The van der Waals surface area contributed by atoms with E-state index in [-0.39, 0.29) is 30.4 Å². The molecule has 0 bridgehead atoms. The van der Waals surface area contributed by atoms with Gasteiger partial charge >= 0.3 is 0 Å². The third kappa shape index (κ3) is 5.33. The van der Waals surface area contributed by atoms with E-state index in [9.17, 15) is 9.59 Å². The minimum atomic E-state index is -0.526. The molecule has 35 heavy (non-hydrogen) atoms. The standard InChI is InChI=1S/C27H34FN3O4/c1-19-15-27(17-34-16-25(33)29-27)24(31(19)3)14-20-8-6-10-22(26(20)28)21-9-4-5-11-23(21)35-13-7-12-30(2)18-32/h4-6,8-11,18-19,24H,7,12-17H2,1-3H3,(H,29,33). The van der Waals surface area contributed by atoms with Crippen LogP contribution in [0.5, 0.6) is 5.75 Å². The van der Waals surface area contributed by atoms with Gasteiger partial charge in [-0.05, 0) is 44.9 Å². The zero-order valence-corrected chi connectivity index (χ0v) is 20.6. The summed E-state index contributed by atoms with van der Waals surface area (Å²) in [5.74, 6) is 0.201. The minimum Gasteiger partial charge on any atom is -0.493 e. The number of hydrogen-bond acceptors (Lipinski definition) is 5. The summed E-state index contributed by atoms with van der Waals surface area (Å²) < 4.78 is 27.5. The molecule has 2 saturated heterocycles. The molecule has 2 heterocycles. The summed E-state index contributed by atoms with van der Waals surface area (Å²) in [6.07, 6.45) is 2.67. The summed E-state index contributed by atoms with van der Waals surface area (Å²) in [7, 11) is 3.75. The lowest BCUT2D eigenvalue weighted by Gasteiger charge is -2.40. The number of likely N-dealkylation sites (tertiary alicyclic amines) is 1. The van der Waals surface area contributed by atoms with Crippen LogP contribution in [0.3, 0.4) is 0 Å². The van der Waals surface area contributed by atoms with Crippen molar-refractivity contribution < 1.29 is 23.5 Å². The van der Waals surface area contributed by atoms with E-state index in [2.05, 4.69) is 17.1 Å². The summed E-state index contributed by atoms with van der Waals surface area (Å²) in [4.78, 5) is 26.7. The quantitative estimate of drug-likeness (QED) is 0.439. The van der Waals surface area contributed by atoms with Gasteiger partial charge in [0.25, 0.3) is 0 Å². The maximum Gasteiger partial charge on any atom is 0.246 e. The number of morpholine rings is 1. The lowest BCUT2D eigenvalue weighted by atomic mass is 9.84. The van der Waals surface area contributed by atoms with Crippen LogP contribution in [-0.4, -0.2) is 80.2 Å². The highest BCUT2D eigenvalue weighted by atomic mass is 19.1. The number of nitrogens with one attached hydrogen (secondary N) is 1. The summed E-state index contributed by atoms with van der Waals surface area (Å²) >= 11 is 0. The fraction of sp³-hybridized carbons (Fsp3) is 0.481. The highest BCUT2D eigenvalue weighted by Gasteiger charge is 2.52. The SMILES string of the molecule is CC1CC2(COCC(=O)N2)C(Cc2cccc(-c3ccccc3OCCCN(C)C=O)c2F)N1C. The van der Waals surface area contributed by atoms with Gasteiger partial charge in [-0.1, -0.05) is 36.4 Å². The molecule has 2 fully saturated rings. The second-order valence-electron chi connectivity index (χ2n) is 9.70. The average molecular weight is 484 g/mol. The van der Waals surface area contributed by atoms with Crippen LogP contribution in [0.4, 0.5) is 4.39 Å². The zero-order chi connectivity index (χ0) is 25.0. The molecular formula is C27H34FN3O4. The Balaban J connectivity index is 1.57. The number of benzene rings is 2. The lowest BCUT2D eigenvalue weighted by Crippen LogP contribution is -2.63. The maximum absolute atomic E-state index is 16.0. The van der Waals surface area contributed by atoms with Crippen LogP contribution in [0, 0.1) is 5.82 Å². The predicted octanol–water partition coefficient (Wildman–Crippen LogP) is 2.87. The number of carbonyl (C=O) groups excluding carboxylic acids is 2. The van der Waals surface area contributed by atoms with Crippen molar-refractivity contribution >= 4 is 12.3 Å². The summed E-state index contributed by atoms with van der Waals surface area (Å²) in [6.45, 7) is 3.62. The van der Waals surface area contributed by atoms with Gasteiger partial charge in [0, 0.05) is 36.8 Å². The zero-order valence-electron chi connectivity index (χ0n) is 20.6. The Kier molecular flexibility index (Phi) is 7.72. The monoisotopic (exact) mass is 483 g/mol. The third-order valence-corrected chi connectivity index (χ3v) is 7.23.